The molecule has 2 rings (SSSR count). The standard InChI is InChI=1S/C15H19NS/c1-11-9-15(13(3)17-11)10-16-12(2)14-7-5-4-6-8-14/h4-9,12,16H,10H2,1-3H3/t12-/m0/s1. The maximum Gasteiger partial charge on any atom is 0.0294 e. The van der Waals surface area contributed by atoms with Gasteiger partial charge in [-0.25, -0.2) is 0 Å². The molecule has 0 aliphatic heterocycles. The van der Waals surface area contributed by atoms with E-state index in [-0.39, 0.29) is 0 Å². The lowest BCUT2D eigenvalue weighted by Crippen LogP contribution is -2.18. The molecule has 1 N–H and O–H groups in total. The maximum atomic E-state index is 3.58. The first-order valence-electron chi connectivity index (χ1n) is 6.01. The summed E-state index contributed by atoms with van der Waals surface area (Å²) in [6, 6.07) is 13.3. The molecule has 0 aliphatic carbocycles. The van der Waals surface area contributed by atoms with Crippen LogP contribution in [0.4, 0.5) is 0 Å². The van der Waals surface area contributed by atoms with Gasteiger partial charge >= 0.3 is 0 Å². The summed E-state index contributed by atoms with van der Waals surface area (Å²) in [6.07, 6.45) is 0. The first-order valence-corrected chi connectivity index (χ1v) is 6.82. The van der Waals surface area contributed by atoms with Crippen molar-refractivity contribution in [2.75, 3.05) is 0 Å². The van der Waals surface area contributed by atoms with Crippen molar-refractivity contribution in [2.45, 2.75) is 33.4 Å². The van der Waals surface area contributed by atoms with Crippen LogP contribution in [0.3, 0.4) is 0 Å². The smallest absolute Gasteiger partial charge is 0.0294 e. The van der Waals surface area contributed by atoms with E-state index in [0.29, 0.717) is 6.04 Å². The van der Waals surface area contributed by atoms with E-state index in [2.05, 4.69) is 62.5 Å². The maximum absolute atomic E-state index is 3.58. The molecule has 0 fully saturated rings. The van der Waals surface area contributed by atoms with E-state index >= 15 is 0 Å². The van der Waals surface area contributed by atoms with Crippen molar-refractivity contribution in [1.82, 2.24) is 5.32 Å². The van der Waals surface area contributed by atoms with Crippen molar-refractivity contribution in [3.63, 3.8) is 0 Å². The third-order valence-electron chi connectivity index (χ3n) is 3.04. The number of benzene rings is 1. The molecule has 0 aliphatic rings. The molecule has 2 aromatic rings. The van der Waals surface area contributed by atoms with Gasteiger partial charge in [-0.3, -0.25) is 0 Å². The third kappa shape index (κ3) is 3.18. The van der Waals surface area contributed by atoms with Gasteiger partial charge in [0, 0.05) is 22.3 Å². The zero-order chi connectivity index (χ0) is 12.3. The molecule has 0 saturated carbocycles. The van der Waals surface area contributed by atoms with Crippen LogP contribution in [-0.4, -0.2) is 0 Å². The number of nitrogens with one attached hydrogen (secondary N) is 1. The lowest BCUT2D eigenvalue weighted by atomic mass is 10.1. The number of aryl methyl sites for hydroxylation is 2. The second kappa shape index (κ2) is 5.48. The minimum atomic E-state index is 0.399. The van der Waals surface area contributed by atoms with Gasteiger partial charge in [-0.15, -0.1) is 11.3 Å². The molecule has 1 atom stereocenters. The molecule has 1 aromatic carbocycles. The van der Waals surface area contributed by atoms with Crippen molar-refractivity contribution < 1.29 is 0 Å². The van der Waals surface area contributed by atoms with E-state index in [1.807, 2.05) is 11.3 Å². The molecule has 2 heteroatoms. The average Bonchev–Trinajstić information content (AvgIpc) is 2.66. The van der Waals surface area contributed by atoms with Gasteiger partial charge in [0.05, 0.1) is 0 Å². The molecule has 0 spiro atoms. The molecule has 0 amide bonds. The fourth-order valence-electron chi connectivity index (χ4n) is 1.98. The van der Waals surface area contributed by atoms with Crippen molar-refractivity contribution in [3.05, 3.63) is 57.3 Å². The Morgan fingerprint density at radius 2 is 1.88 bits per heavy atom. The average molecular weight is 245 g/mol. The topological polar surface area (TPSA) is 12.0 Å². The first-order chi connectivity index (χ1) is 8.16. The van der Waals surface area contributed by atoms with Gasteiger partial charge in [-0.2, -0.15) is 0 Å². The van der Waals surface area contributed by atoms with E-state index in [1.54, 1.807) is 0 Å². The SMILES string of the molecule is Cc1cc(CN[C@@H](C)c2ccccc2)c(C)s1. The fraction of sp³-hybridized carbons (Fsp3) is 0.333. The highest BCUT2D eigenvalue weighted by Crippen LogP contribution is 2.21. The predicted molar refractivity (Wildman–Crippen MR) is 75.5 cm³/mol. The summed E-state index contributed by atoms with van der Waals surface area (Å²) in [6.45, 7) is 7.53. The largest absolute Gasteiger partial charge is 0.306 e. The highest BCUT2D eigenvalue weighted by Gasteiger charge is 2.06. The molecule has 17 heavy (non-hydrogen) atoms. The number of rotatable bonds is 4. The second-order valence-electron chi connectivity index (χ2n) is 4.45. The molecule has 0 bridgehead atoms. The minimum absolute atomic E-state index is 0.399. The molecular formula is C15H19NS. The molecule has 0 radical (unpaired) electrons. The van der Waals surface area contributed by atoms with Crippen molar-refractivity contribution in [3.8, 4) is 0 Å². The molecule has 0 unspecified atom stereocenters. The van der Waals surface area contributed by atoms with E-state index < -0.39 is 0 Å². The Hall–Kier alpha value is -1.12. The zero-order valence-electron chi connectivity index (χ0n) is 10.7. The van der Waals surface area contributed by atoms with Crippen molar-refractivity contribution in [2.24, 2.45) is 0 Å². The Labute approximate surface area is 108 Å². The van der Waals surface area contributed by atoms with Crippen LogP contribution in [0.1, 0.15) is 33.8 Å². The quantitative estimate of drug-likeness (QED) is 0.850. The number of hydrogen-bond acceptors (Lipinski definition) is 2. The molecular weight excluding hydrogens is 226 g/mol. The molecule has 1 aromatic heterocycles. The summed E-state index contributed by atoms with van der Waals surface area (Å²) in [5.74, 6) is 0. The van der Waals surface area contributed by atoms with Crippen LogP contribution in [-0.2, 0) is 6.54 Å². The summed E-state index contributed by atoms with van der Waals surface area (Å²) in [5, 5.41) is 3.58. The van der Waals surface area contributed by atoms with Gasteiger partial charge < -0.3 is 5.32 Å². The van der Waals surface area contributed by atoms with Gasteiger partial charge in [0.1, 0.15) is 0 Å². The Bertz CT molecular complexity index is 473. The summed E-state index contributed by atoms with van der Waals surface area (Å²) in [4.78, 5) is 2.82. The van der Waals surface area contributed by atoms with Crippen LogP contribution < -0.4 is 5.32 Å². The summed E-state index contributed by atoms with van der Waals surface area (Å²) in [5.41, 5.74) is 2.77. The first kappa shape index (κ1) is 12.3. The van der Waals surface area contributed by atoms with E-state index in [9.17, 15) is 0 Å². The molecule has 90 valence electrons. The van der Waals surface area contributed by atoms with E-state index in [1.165, 1.54) is 20.9 Å². The number of hydrogen-bond donors (Lipinski definition) is 1. The monoisotopic (exact) mass is 245 g/mol. The summed E-state index contributed by atoms with van der Waals surface area (Å²) >= 11 is 1.88. The highest BCUT2D eigenvalue weighted by molar-refractivity contribution is 7.12. The molecule has 1 nitrogen and oxygen atoms in total. The molecule has 0 saturated heterocycles. The second-order valence-corrected chi connectivity index (χ2v) is 5.91. The van der Waals surface area contributed by atoms with Gasteiger partial charge in [0.25, 0.3) is 0 Å². The minimum Gasteiger partial charge on any atom is -0.306 e. The lowest BCUT2D eigenvalue weighted by molar-refractivity contribution is 0.574. The fourth-order valence-corrected chi connectivity index (χ4v) is 2.93. The summed E-state index contributed by atoms with van der Waals surface area (Å²) < 4.78 is 0. The van der Waals surface area contributed by atoms with E-state index in [0.717, 1.165) is 6.54 Å². The van der Waals surface area contributed by atoms with E-state index in [4.69, 9.17) is 0 Å². The van der Waals surface area contributed by atoms with Gasteiger partial charge in [0.15, 0.2) is 0 Å². The molecule has 1 heterocycles. The van der Waals surface area contributed by atoms with Crippen LogP contribution >= 0.6 is 11.3 Å². The Balaban J connectivity index is 1.97. The zero-order valence-corrected chi connectivity index (χ0v) is 11.5. The lowest BCUT2D eigenvalue weighted by Gasteiger charge is -2.14. The van der Waals surface area contributed by atoms with Crippen molar-refractivity contribution >= 4 is 11.3 Å². The van der Waals surface area contributed by atoms with Crippen LogP contribution in [0.25, 0.3) is 0 Å². The normalized spacial score (nSPS) is 12.6. The number of thiophene rings is 1. The third-order valence-corrected chi connectivity index (χ3v) is 4.05. The van der Waals surface area contributed by atoms with Gasteiger partial charge in [-0.1, -0.05) is 30.3 Å². The van der Waals surface area contributed by atoms with Gasteiger partial charge in [0.2, 0.25) is 0 Å². The predicted octanol–water partition coefficient (Wildman–Crippen LogP) is 4.22. The van der Waals surface area contributed by atoms with Crippen LogP contribution in [0.2, 0.25) is 0 Å². The summed E-state index contributed by atoms with van der Waals surface area (Å²) in [7, 11) is 0. The Morgan fingerprint density at radius 3 is 2.47 bits per heavy atom. The Morgan fingerprint density at radius 1 is 1.18 bits per heavy atom. The Kier molecular flexibility index (Phi) is 3.97. The van der Waals surface area contributed by atoms with Gasteiger partial charge in [-0.05, 0) is 38.0 Å². The van der Waals surface area contributed by atoms with Crippen molar-refractivity contribution in [1.29, 1.82) is 0 Å². The highest BCUT2D eigenvalue weighted by atomic mass is 32.1. The van der Waals surface area contributed by atoms with Crippen LogP contribution in [0, 0.1) is 13.8 Å². The van der Waals surface area contributed by atoms with Crippen LogP contribution in [0.5, 0.6) is 0 Å². The van der Waals surface area contributed by atoms with Crippen LogP contribution in [0.15, 0.2) is 36.4 Å².